The van der Waals surface area contributed by atoms with Crippen LogP contribution in [-0.4, -0.2) is 12.3 Å². The summed E-state index contributed by atoms with van der Waals surface area (Å²) in [5, 5.41) is 0. The van der Waals surface area contributed by atoms with Crippen molar-refractivity contribution in [1.82, 2.24) is 0 Å². The summed E-state index contributed by atoms with van der Waals surface area (Å²) in [4.78, 5) is 8.20. The average molecular weight is 982 g/mol. The molecule has 3 aliphatic heterocycles. The number of anilines is 8. The van der Waals surface area contributed by atoms with E-state index in [1.165, 1.54) is 126 Å². The molecule has 1 aliphatic carbocycles. The van der Waals surface area contributed by atoms with Gasteiger partial charge in [-0.3, -0.25) is 0 Å². The average Bonchev–Trinajstić information content (AvgIpc) is 3.38. The Morgan fingerprint density at radius 1 is 0.400 bits per heavy atom. The van der Waals surface area contributed by atoms with Crippen molar-refractivity contribution in [3.05, 3.63) is 198 Å². The summed E-state index contributed by atoms with van der Waals surface area (Å²) in [7, 11) is 0. The van der Waals surface area contributed by atoms with Crippen LogP contribution in [0, 0.1) is 5.41 Å². The Hall–Kier alpha value is -6.78. The molecule has 1 fully saturated rings. The predicted molar refractivity (Wildman–Crippen MR) is 324 cm³/mol. The first kappa shape index (κ1) is 49.1. The van der Waals surface area contributed by atoms with E-state index < -0.39 is 0 Å². The maximum atomic E-state index is 2.84. The van der Waals surface area contributed by atoms with Gasteiger partial charge in [-0.1, -0.05) is 217 Å². The topological polar surface area (TPSA) is 9.72 Å². The zero-order valence-electron chi connectivity index (χ0n) is 47.0. The van der Waals surface area contributed by atoms with Crippen LogP contribution in [0.2, 0.25) is 0 Å². The van der Waals surface area contributed by atoms with Gasteiger partial charge in [-0.2, -0.15) is 0 Å². The van der Waals surface area contributed by atoms with Gasteiger partial charge >= 0.3 is 0 Å². The van der Waals surface area contributed by atoms with Crippen LogP contribution in [0.5, 0.6) is 0 Å². The Bertz CT molecular complexity index is 3520. The first-order chi connectivity index (χ1) is 35.6. The highest BCUT2D eigenvalue weighted by Crippen LogP contribution is 2.66. The predicted octanol–water partition coefficient (Wildman–Crippen LogP) is 17.8. The molecule has 75 heavy (non-hydrogen) atoms. The highest BCUT2D eigenvalue weighted by atomic mass is 15.3. The number of hydrogen-bond donors (Lipinski definition) is 0. The van der Waals surface area contributed by atoms with Crippen molar-refractivity contribution in [3.63, 3.8) is 0 Å². The molecule has 3 heterocycles. The Morgan fingerprint density at radius 3 is 1.37 bits per heavy atom. The van der Waals surface area contributed by atoms with Gasteiger partial charge in [-0.25, -0.2) is 0 Å². The fourth-order valence-electron chi connectivity index (χ4n) is 14.2. The second-order valence-corrected chi connectivity index (χ2v) is 26.6. The van der Waals surface area contributed by atoms with Crippen LogP contribution in [0.25, 0.3) is 22.3 Å². The Morgan fingerprint density at radius 2 is 0.840 bits per heavy atom. The molecule has 12 rings (SSSR count). The smallest absolute Gasteiger partial charge is 0.252 e. The van der Waals surface area contributed by atoms with Crippen molar-refractivity contribution in [3.8, 4) is 22.3 Å². The van der Waals surface area contributed by atoms with Gasteiger partial charge < -0.3 is 14.7 Å². The summed E-state index contributed by atoms with van der Waals surface area (Å²) >= 11 is 0. The zero-order chi connectivity index (χ0) is 52.6. The van der Waals surface area contributed by atoms with E-state index in [9.17, 15) is 0 Å². The number of para-hydroxylation sites is 2. The molecular weight excluding hydrogens is 906 g/mol. The summed E-state index contributed by atoms with van der Waals surface area (Å²) < 4.78 is 0. The van der Waals surface area contributed by atoms with Crippen molar-refractivity contribution in [1.29, 1.82) is 0 Å². The molecule has 0 N–H and O–H groups in total. The summed E-state index contributed by atoms with van der Waals surface area (Å²) in [6.45, 7) is 31.4. The molecule has 3 nitrogen and oxygen atoms in total. The normalized spacial score (nSPS) is 19.7. The van der Waals surface area contributed by atoms with E-state index >= 15 is 0 Å². The Labute approximate surface area is 449 Å². The maximum absolute atomic E-state index is 2.84. The van der Waals surface area contributed by atoms with Gasteiger partial charge in [0.2, 0.25) is 0 Å². The maximum Gasteiger partial charge on any atom is 0.252 e. The molecular formula is C71H76BN3. The molecule has 0 saturated heterocycles. The summed E-state index contributed by atoms with van der Waals surface area (Å²) in [6.07, 6.45) is 4.74. The molecule has 0 radical (unpaired) electrons. The highest BCUT2D eigenvalue weighted by molar-refractivity contribution is 7.00. The third kappa shape index (κ3) is 7.50. The number of rotatable bonds is 5. The summed E-state index contributed by atoms with van der Waals surface area (Å²) in [6, 6.07) is 68.3. The number of nitrogens with zero attached hydrogens (tertiary/aromatic N) is 3. The van der Waals surface area contributed by atoms with Gasteiger partial charge in [0.15, 0.2) is 0 Å². The molecule has 8 aromatic carbocycles. The molecule has 0 amide bonds. The minimum atomic E-state index is -0.188. The van der Waals surface area contributed by atoms with Crippen LogP contribution < -0.4 is 31.1 Å². The Balaban J connectivity index is 1.26. The first-order valence-electron chi connectivity index (χ1n) is 27.9. The van der Waals surface area contributed by atoms with E-state index in [2.05, 4.69) is 281 Å². The van der Waals surface area contributed by atoms with Crippen LogP contribution in [0.15, 0.2) is 176 Å². The van der Waals surface area contributed by atoms with Crippen LogP contribution >= 0.6 is 0 Å². The van der Waals surface area contributed by atoms with Gasteiger partial charge in [0.1, 0.15) is 0 Å². The molecule has 8 aromatic rings. The molecule has 4 heteroatoms. The number of benzene rings is 8. The van der Waals surface area contributed by atoms with Gasteiger partial charge in [0.05, 0.1) is 11.4 Å². The zero-order valence-corrected chi connectivity index (χ0v) is 47.0. The van der Waals surface area contributed by atoms with Crippen LogP contribution in [0.1, 0.15) is 138 Å². The second kappa shape index (κ2) is 17.1. The third-order valence-electron chi connectivity index (χ3n) is 18.9. The van der Waals surface area contributed by atoms with Crippen LogP contribution in [-0.2, 0) is 21.7 Å². The molecule has 0 spiro atoms. The standard InChI is InChI=1S/C71H76BN3/c1-66(2,3)49-34-37-58(53(42-49)47-26-16-14-17-27-47)73-61-33-23-21-31-56(61)72-57-44-51(68(7,8)9)36-39-62(57)74(59-38-35-50(67(4,5)6)43-54(59)48-28-18-15-19-29-48)64-46-52(45-63(73)65(64)72)75-60-32-22-20-30-55(60)69(10,11)70(12)40-24-25-41-71(70,75)13/h14-23,26-39,42-46H,24-25,40-41H2,1-13H3. The molecule has 4 aliphatic rings. The fraction of sp³-hybridized carbons (Fsp3) is 0.324. The lowest BCUT2D eigenvalue weighted by Gasteiger charge is -2.66. The second-order valence-electron chi connectivity index (χ2n) is 26.6. The lowest BCUT2D eigenvalue weighted by atomic mass is 9.33. The van der Waals surface area contributed by atoms with Crippen molar-refractivity contribution in [2.24, 2.45) is 5.41 Å². The molecule has 2 unspecified atom stereocenters. The minimum Gasteiger partial charge on any atom is -0.335 e. The monoisotopic (exact) mass is 982 g/mol. The molecule has 0 aromatic heterocycles. The van der Waals surface area contributed by atoms with Crippen molar-refractivity contribution < 1.29 is 0 Å². The fourth-order valence-corrected chi connectivity index (χ4v) is 14.2. The molecule has 378 valence electrons. The molecule has 1 saturated carbocycles. The van der Waals surface area contributed by atoms with E-state index in [0.717, 1.165) is 6.42 Å². The van der Waals surface area contributed by atoms with Gasteiger partial charge in [0.25, 0.3) is 6.71 Å². The number of hydrogen-bond acceptors (Lipinski definition) is 3. The third-order valence-corrected chi connectivity index (χ3v) is 18.9. The lowest BCUT2D eigenvalue weighted by molar-refractivity contribution is 0.0106. The van der Waals surface area contributed by atoms with E-state index in [1.807, 2.05) is 0 Å². The summed E-state index contributed by atoms with van der Waals surface area (Å²) in [5.41, 5.74) is 23.8. The lowest BCUT2D eigenvalue weighted by Crippen LogP contribution is -2.67. The quantitative estimate of drug-likeness (QED) is 0.159. The molecule has 0 bridgehead atoms. The van der Waals surface area contributed by atoms with Gasteiger partial charge in [-0.15, -0.1) is 0 Å². The SMILES string of the molecule is CC(C)(C)c1ccc2c(c1)B1c3ccccc3N(c3ccc(C(C)(C)C)cc3-c3ccccc3)c3cc(N4c5ccccc5C(C)(C)C5(C)CCCCC45C)cc(c31)N2c1ccc(C(C)(C)C)cc1-c1ccccc1. The van der Waals surface area contributed by atoms with Gasteiger partial charge in [0, 0.05) is 56.2 Å². The van der Waals surface area contributed by atoms with Crippen molar-refractivity contribution in [2.45, 2.75) is 143 Å². The highest BCUT2D eigenvalue weighted by Gasteiger charge is 2.62. The summed E-state index contributed by atoms with van der Waals surface area (Å²) in [5.74, 6) is 0. The number of fused-ring (bicyclic) bond motifs is 6. The van der Waals surface area contributed by atoms with Crippen molar-refractivity contribution >= 4 is 68.6 Å². The Kier molecular flexibility index (Phi) is 11.2. The van der Waals surface area contributed by atoms with E-state index in [4.69, 9.17) is 0 Å². The largest absolute Gasteiger partial charge is 0.335 e. The van der Waals surface area contributed by atoms with E-state index in [0.29, 0.717) is 0 Å². The van der Waals surface area contributed by atoms with Crippen LogP contribution in [0.3, 0.4) is 0 Å². The van der Waals surface area contributed by atoms with E-state index in [1.54, 1.807) is 0 Å². The first-order valence-corrected chi connectivity index (χ1v) is 27.9. The van der Waals surface area contributed by atoms with Crippen molar-refractivity contribution in [2.75, 3.05) is 14.7 Å². The molecule has 2 atom stereocenters. The van der Waals surface area contributed by atoms with Gasteiger partial charge in [-0.05, 0) is 146 Å². The minimum absolute atomic E-state index is 0.0171. The van der Waals surface area contributed by atoms with E-state index in [-0.39, 0.29) is 39.3 Å². The van der Waals surface area contributed by atoms with Crippen LogP contribution in [0.4, 0.5) is 45.5 Å².